The highest BCUT2D eigenvalue weighted by Crippen LogP contribution is 2.29. The molecule has 0 spiro atoms. The van der Waals surface area contributed by atoms with Crippen LogP contribution in [-0.2, 0) is 23.0 Å². The smallest absolute Gasteiger partial charge is 0.408 e. The first-order valence-corrected chi connectivity index (χ1v) is 11.9. The van der Waals surface area contributed by atoms with E-state index in [1.165, 1.54) is 10.7 Å². The van der Waals surface area contributed by atoms with Crippen molar-refractivity contribution in [3.05, 3.63) is 52.3 Å². The van der Waals surface area contributed by atoms with E-state index in [9.17, 15) is 19.6 Å². The quantitative estimate of drug-likeness (QED) is 0.655. The number of nitriles is 1. The molecule has 1 unspecified atom stereocenters. The monoisotopic (exact) mass is 479 g/mol. The van der Waals surface area contributed by atoms with Crippen molar-refractivity contribution < 1.29 is 14.3 Å². The Morgan fingerprint density at radius 2 is 1.80 bits per heavy atom. The van der Waals surface area contributed by atoms with E-state index in [2.05, 4.69) is 21.8 Å². The molecular formula is C26H33N5O4. The van der Waals surface area contributed by atoms with E-state index >= 15 is 0 Å². The number of carbonyl (C=O) groups excluding carboxylic acids is 2. The lowest BCUT2D eigenvalue weighted by Gasteiger charge is -2.37. The van der Waals surface area contributed by atoms with Crippen LogP contribution >= 0.6 is 0 Å². The van der Waals surface area contributed by atoms with E-state index in [1.54, 1.807) is 33.9 Å². The molecule has 1 aliphatic rings. The number of aryl methyl sites for hydroxylation is 1. The van der Waals surface area contributed by atoms with Gasteiger partial charge in [0.2, 0.25) is 5.91 Å². The molecule has 1 aromatic heterocycles. The number of benzene rings is 1. The van der Waals surface area contributed by atoms with Gasteiger partial charge in [-0.15, -0.1) is 0 Å². The molecule has 2 aromatic rings. The Labute approximate surface area is 205 Å². The maximum absolute atomic E-state index is 13.3. The van der Waals surface area contributed by atoms with Gasteiger partial charge in [-0.05, 0) is 45.2 Å². The zero-order valence-corrected chi connectivity index (χ0v) is 20.8. The van der Waals surface area contributed by atoms with Crippen LogP contribution in [0.15, 0.2) is 41.2 Å². The number of amides is 2. The predicted octanol–water partition coefficient (Wildman–Crippen LogP) is 3.23. The van der Waals surface area contributed by atoms with Crippen molar-refractivity contribution in [2.75, 3.05) is 0 Å². The number of hydrogen-bond donors (Lipinski definition) is 2. The van der Waals surface area contributed by atoms with Gasteiger partial charge in [0.05, 0.1) is 11.8 Å². The second kappa shape index (κ2) is 10.7. The lowest BCUT2D eigenvalue weighted by molar-refractivity contribution is -0.129. The van der Waals surface area contributed by atoms with Gasteiger partial charge in [0.15, 0.2) is 0 Å². The van der Waals surface area contributed by atoms with E-state index in [0.717, 1.165) is 30.4 Å². The van der Waals surface area contributed by atoms with Crippen molar-refractivity contribution in [2.24, 2.45) is 7.05 Å². The van der Waals surface area contributed by atoms with Crippen LogP contribution in [0, 0.1) is 11.3 Å². The first-order chi connectivity index (χ1) is 16.5. The number of nitrogens with one attached hydrogen (secondary N) is 2. The molecule has 2 amide bonds. The minimum absolute atomic E-state index is 0.185. The van der Waals surface area contributed by atoms with Crippen molar-refractivity contribution in [1.82, 2.24) is 20.4 Å². The Morgan fingerprint density at radius 3 is 2.37 bits per heavy atom. The van der Waals surface area contributed by atoms with Crippen molar-refractivity contribution in [3.8, 4) is 17.3 Å². The Hall–Kier alpha value is -3.67. The summed E-state index contributed by atoms with van der Waals surface area (Å²) in [7, 11) is 1.59. The third kappa shape index (κ3) is 6.92. The average Bonchev–Trinajstić information content (AvgIpc) is 2.80. The highest BCUT2D eigenvalue weighted by molar-refractivity contribution is 5.90. The molecule has 1 fully saturated rings. The topological polar surface area (TPSA) is 126 Å². The Morgan fingerprint density at radius 1 is 1.14 bits per heavy atom. The molecule has 9 nitrogen and oxygen atoms in total. The summed E-state index contributed by atoms with van der Waals surface area (Å²) in [6.07, 6.45) is 3.28. The van der Waals surface area contributed by atoms with Crippen molar-refractivity contribution >= 4 is 12.0 Å². The molecule has 0 radical (unpaired) electrons. The van der Waals surface area contributed by atoms with Crippen LogP contribution in [0.5, 0.6) is 0 Å². The van der Waals surface area contributed by atoms with Crippen LogP contribution in [0.25, 0.3) is 11.3 Å². The molecular weight excluding hydrogens is 446 g/mol. The molecule has 35 heavy (non-hydrogen) atoms. The average molecular weight is 480 g/mol. The first-order valence-electron chi connectivity index (χ1n) is 11.9. The molecule has 9 heteroatoms. The Bertz CT molecular complexity index is 1150. The fourth-order valence-corrected chi connectivity index (χ4v) is 4.19. The summed E-state index contributed by atoms with van der Waals surface area (Å²) in [5.41, 5.74) is 0.412. The maximum Gasteiger partial charge on any atom is 0.408 e. The van der Waals surface area contributed by atoms with Crippen LogP contribution in [0.3, 0.4) is 0 Å². The van der Waals surface area contributed by atoms with E-state index in [0.29, 0.717) is 25.0 Å². The Kier molecular flexibility index (Phi) is 7.95. The molecule has 0 bridgehead atoms. The highest BCUT2D eigenvalue weighted by atomic mass is 16.6. The summed E-state index contributed by atoms with van der Waals surface area (Å²) in [5, 5.41) is 19.6. The number of aromatic nitrogens is 2. The van der Waals surface area contributed by atoms with Gasteiger partial charge in [0, 0.05) is 25.1 Å². The van der Waals surface area contributed by atoms with E-state index < -0.39 is 23.3 Å². The number of alkyl carbamates (subject to hydrolysis) is 1. The summed E-state index contributed by atoms with van der Waals surface area (Å²) >= 11 is 0. The first kappa shape index (κ1) is 25.9. The van der Waals surface area contributed by atoms with Gasteiger partial charge >= 0.3 is 6.09 Å². The minimum Gasteiger partial charge on any atom is -0.444 e. The van der Waals surface area contributed by atoms with Crippen molar-refractivity contribution in [2.45, 2.75) is 76.5 Å². The molecule has 2 N–H and O–H groups in total. The van der Waals surface area contributed by atoms with Crippen LogP contribution < -0.4 is 16.2 Å². The standard InChI is InChI=1S/C26H33N5O4/c1-25(2,3)35-24(34)29-26(14-6-5-7-15-26)23(33)28-20(17-27)16-18-8-10-19(11-9-18)21-12-13-22(32)31(4)30-21/h8-13,20H,5-7,14-16H2,1-4H3,(H,28,33)(H,29,34). The van der Waals surface area contributed by atoms with Crippen LogP contribution in [0.2, 0.25) is 0 Å². The highest BCUT2D eigenvalue weighted by Gasteiger charge is 2.42. The summed E-state index contributed by atoms with van der Waals surface area (Å²) in [6.45, 7) is 5.31. The molecule has 1 atom stereocenters. The molecule has 1 heterocycles. The second-order valence-corrected chi connectivity index (χ2v) is 10.0. The van der Waals surface area contributed by atoms with Gasteiger partial charge in [0.1, 0.15) is 17.2 Å². The van der Waals surface area contributed by atoms with Crippen LogP contribution in [-0.4, -0.2) is 39.0 Å². The molecule has 0 saturated heterocycles. The zero-order chi connectivity index (χ0) is 25.6. The number of hydrogen-bond acceptors (Lipinski definition) is 6. The number of rotatable bonds is 6. The van der Waals surface area contributed by atoms with Gasteiger partial charge < -0.3 is 15.4 Å². The van der Waals surface area contributed by atoms with E-state index in [4.69, 9.17) is 4.74 Å². The fraction of sp³-hybridized carbons (Fsp3) is 0.500. The summed E-state index contributed by atoms with van der Waals surface area (Å²) in [4.78, 5) is 37.3. The third-order valence-electron chi connectivity index (χ3n) is 5.99. The third-order valence-corrected chi connectivity index (χ3v) is 5.99. The van der Waals surface area contributed by atoms with Gasteiger partial charge in [-0.1, -0.05) is 43.5 Å². The summed E-state index contributed by atoms with van der Waals surface area (Å²) in [5.74, 6) is -0.361. The zero-order valence-electron chi connectivity index (χ0n) is 20.8. The normalized spacial score (nSPS) is 16.0. The molecule has 186 valence electrons. The van der Waals surface area contributed by atoms with Gasteiger partial charge in [-0.25, -0.2) is 9.48 Å². The molecule has 1 aliphatic carbocycles. The van der Waals surface area contributed by atoms with Crippen LogP contribution in [0.4, 0.5) is 4.79 Å². The summed E-state index contributed by atoms with van der Waals surface area (Å²) < 4.78 is 6.66. The number of nitrogens with zero attached hydrogens (tertiary/aromatic N) is 3. The Balaban J connectivity index is 1.69. The molecule has 1 saturated carbocycles. The van der Waals surface area contributed by atoms with Gasteiger partial charge in [-0.2, -0.15) is 10.4 Å². The fourth-order valence-electron chi connectivity index (χ4n) is 4.19. The lowest BCUT2D eigenvalue weighted by atomic mass is 9.80. The van der Waals surface area contributed by atoms with Crippen LogP contribution in [0.1, 0.15) is 58.4 Å². The van der Waals surface area contributed by atoms with Gasteiger partial charge in [0.25, 0.3) is 5.56 Å². The van der Waals surface area contributed by atoms with Gasteiger partial charge in [-0.3, -0.25) is 9.59 Å². The predicted molar refractivity (Wildman–Crippen MR) is 131 cm³/mol. The largest absolute Gasteiger partial charge is 0.444 e. The molecule has 0 aliphatic heterocycles. The molecule has 3 rings (SSSR count). The van der Waals surface area contributed by atoms with E-state index in [1.807, 2.05) is 24.3 Å². The van der Waals surface area contributed by atoms with Crippen molar-refractivity contribution in [3.63, 3.8) is 0 Å². The maximum atomic E-state index is 13.3. The minimum atomic E-state index is -1.09. The number of ether oxygens (including phenoxy) is 1. The SMILES string of the molecule is Cn1nc(-c2ccc(CC(C#N)NC(=O)C3(NC(=O)OC(C)(C)C)CCCCC3)cc2)ccc1=O. The lowest BCUT2D eigenvalue weighted by Crippen LogP contribution is -2.61. The van der Waals surface area contributed by atoms with E-state index in [-0.39, 0.29) is 11.5 Å². The second-order valence-electron chi connectivity index (χ2n) is 10.0. The summed E-state index contributed by atoms with van der Waals surface area (Å²) in [6, 6.07) is 12.0. The van der Waals surface area contributed by atoms with Crippen molar-refractivity contribution in [1.29, 1.82) is 5.26 Å². The number of carbonyl (C=O) groups is 2. The molecule has 1 aromatic carbocycles.